The van der Waals surface area contributed by atoms with E-state index in [1.54, 1.807) is 18.2 Å². The maximum Gasteiger partial charge on any atom is 0.224 e. The average Bonchev–Trinajstić information content (AvgIpc) is 2.38. The lowest BCUT2D eigenvalue weighted by Crippen LogP contribution is -2.13. The van der Waals surface area contributed by atoms with Gasteiger partial charge in [0.05, 0.1) is 11.4 Å². The largest absolute Gasteiger partial charge is 0.397 e. The molecule has 0 radical (unpaired) electrons. The van der Waals surface area contributed by atoms with Crippen molar-refractivity contribution in [3.63, 3.8) is 0 Å². The molecule has 0 saturated carbocycles. The highest BCUT2D eigenvalue weighted by molar-refractivity contribution is 7.99. The van der Waals surface area contributed by atoms with Gasteiger partial charge in [-0.25, -0.2) is 0 Å². The number of anilines is 2. The maximum atomic E-state index is 11.8. The van der Waals surface area contributed by atoms with Gasteiger partial charge in [0.15, 0.2) is 0 Å². The summed E-state index contributed by atoms with van der Waals surface area (Å²) in [6, 6.07) is 5.07. The first-order valence-corrected chi connectivity index (χ1v) is 8.29. The van der Waals surface area contributed by atoms with Crippen LogP contribution < -0.4 is 11.1 Å². The molecular weight excluding hydrogens is 292 g/mol. The average molecular weight is 315 g/mol. The fourth-order valence-corrected chi connectivity index (χ4v) is 2.78. The highest BCUT2D eigenvalue weighted by Crippen LogP contribution is 2.23. The molecule has 0 bridgehead atoms. The molecule has 1 rings (SSSR count). The van der Waals surface area contributed by atoms with Crippen molar-refractivity contribution in [1.82, 2.24) is 0 Å². The van der Waals surface area contributed by atoms with Crippen LogP contribution in [-0.2, 0) is 4.79 Å². The van der Waals surface area contributed by atoms with Crippen LogP contribution in [0.4, 0.5) is 11.4 Å². The summed E-state index contributed by atoms with van der Waals surface area (Å²) in [4.78, 5) is 11.8. The topological polar surface area (TPSA) is 55.1 Å². The van der Waals surface area contributed by atoms with Crippen molar-refractivity contribution in [2.45, 2.75) is 38.9 Å². The minimum Gasteiger partial charge on any atom is -0.397 e. The van der Waals surface area contributed by atoms with Gasteiger partial charge in [-0.3, -0.25) is 4.79 Å². The molecule has 1 amide bonds. The third kappa shape index (κ3) is 6.06. The summed E-state index contributed by atoms with van der Waals surface area (Å²) in [5, 5.41) is 4.00. The van der Waals surface area contributed by atoms with Crippen LogP contribution in [0.2, 0.25) is 5.02 Å². The van der Waals surface area contributed by atoms with Crippen LogP contribution in [0.15, 0.2) is 18.2 Å². The van der Waals surface area contributed by atoms with Crippen LogP contribution in [0.3, 0.4) is 0 Å². The lowest BCUT2D eigenvalue weighted by molar-refractivity contribution is -0.116. The Morgan fingerprint density at radius 3 is 2.75 bits per heavy atom. The van der Waals surface area contributed by atoms with E-state index >= 15 is 0 Å². The van der Waals surface area contributed by atoms with Crippen LogP contribution in [0, 0.1) is 5.92 Å². The molecule has 0 spiro atoms. The standard InChI is InChI=1S/C15H23ClN2OS/c1-10(2)11(3)20-8-4-5-15(19)18-14-9-12(16)6-7-13(14)17/h6-7,9-11H,4-5,8,17H2,1-3H3,(H,18,19). The Bertz CT molecular complexity index is 451. The summed E-state index contributed by atoms with van der Waals surface area (Å²) in [7, 11) is 0. The zero-order valence-corrected chi connectivity index (χ0v) is 13.9. The number of rotatable bonds is 7. The molecule has 0 aromatic heterocycles. The van der Waals surface area contributed by atoms with Crippen LogP contribution in [-0.4, -0.2) is 16.9 Å². The Labute approximate surface area is 130 Å². The molecule has 0 aliphatic carbocycles. The van der Waals surface area contributed by atoms with Gasteiger partial charge in [0.1, 0.15) is 0 Å². The number of nitrogens with one attached hydrogen (secondary N) is 1. The Morgan fingerprint density at radius 1 is 1.40 bits per heavy atom. The normalized spacial score (nSPS) is 12.4. The van der Waals surface area contributed by atoms with Crippen molar-refractivity contribution in [2.75, 3.05) is 16.8 Å². The SMILES string of the molecule is CC(C)C(C)SCCCC(=O)Nc1cc(Cl)ccc1N. The van der Waals surface area contributed by atoms with Gasteiger partial charge in [-0.05, 0) is 36.3 Å². The molecule has 3 N–H and O–H groups in total. The number of hydrogen-bond acceptors (Lipinski definition) is 3. The van der Waals surface area contributed by atoms with Crippen molar-refractivity contribution >= 4 is 40.6 Å². The van der Waals surface area contributed by atoms with Gasteiger partial charge >= 0.3 is 0 Å². The number of benzene rings is 1. The molecule has 1 atom stereocenters. The first-order valence-electron chi connectivity index (χ1n) is 6.86. The van der Waals surface area contributed by atoms with E-state index in [4.69, 9.17) is 17.3 Å². The number of halogens is 1. The first kappa shape index (κ1) is 17.2. The van der Waals surface area contributed by atoms with Crippen molar-refractivity contribution in [3.8, 4) is 0 Å². The molecule has 1 aromatic rings. The van der Waals surface area contributed by atoms with Crippen LogP contribution in [0.25, 0.3) is 0 Å². The fourth-order valence-electron chi connectivity index (χ4n) is 1.54. The predicted molar refractivity (Wildman–Crippen MR) is 90.5 cm³/mol. The molecule has 5 heteroatoms. The Morgan fingerprint density at radius 2 is 2.10 bits per heavy atom. The Hall–Kier alpha value is -0.870. The molecule has 20 heavy (non-hydrogen) atoms. The van der Waals surface area contributed by atoms with E-state index in [0.29, 0.717) is 34.0 Å². The Kier molecular flexibility index (Phi) is 7.24. The molecule has 3 nitrogen and oxygen atoms in total. The highest BCUT2D eigenvalue weighted by atomic mass is 35.5. The fraction of sp³-hybridized carbons (Fsp3) is 0.533. The smallest absolute Gasteiger partial charge is 0.224 e. The van der Waals surface area contributed by atoms with Gasteiger partial charge in [-0.15, -0.1) is 0 Å². The first-order chi connectivity index (χ1) is 9.40. The summed E-state index contributed by atoms with van der Waals surface area (Å²) < 4.78 is 0. The highest BCUT2D eigenvalue weighted by Gasteiger charge is 2.09. The van der Waals surface area contributed by atoms with E-state index in [1.807, 2.05) is 11.8 Å². The number of carbonyl (C=O) groups is 1. The lowest BCUT2D eigenvalue weighted by Gasteiger charge is -2.14. The second-order valence-electron chi connectivity index (χ2n) is 5.20. The summed E-state index contributed by atoms with van der Waals surface area (Å²) in [6.45, 7) is 6.65. The second kappa shape index (κ2) is 8.42. The summed E-state index contributed by atoms with van der Waals surface area (Å²) in [5.41, 5.74) is 6.91. The van der Waals surface area contributed by atoms with Crippen molar-refractivity contribution in [3.05, 3.63) is 23.2 Å². The van der Waals surface area contributed by atoms with E-state index in [0.717, 1.165) is 12.2 Å². The van der Waals surface area contributed by atoms with E-state index in [-0.39, 0.29) is 5.91 Å². The van der Waals surface area contributed by atoms with Crippen molar-refractivity contribution < 1.29 is 4.79 Å². The van der Waals surface area contributed by atoms with Crippen molar-refractivity contribution in [1.29, 1.82) is 0 Å². The number of nitrogens with two attached hydrogens (primary N) is 1. The molecule has 1 unspecified atom stereocenters. The van der Waals surface area contributed by atoms with Crippen molar-refractivity contribution in [2.24, 2.45) is 5.92 Å². The Balaban J connectivity index is 2.32. The number of amides is 1. The van der Waals surface area contributed by atoms with Gasteiger partial charge in [0, 0.05) is 16.7 Å². The quantitative estimate of drug-likeness (QED) is 0.578. The maximum absolute atomic E-state index is 11.8. The molecule has 0 fully saturated rings. The minimum atomic E-state index is -0.0169. The van der Waals surface area contributed by atoms with Crippen LogP contribution in [0.5, 0.6) is 0 Å². The van der Waals surface area contributed by atoms with Crippen LogP contribution in [0.1, 0.15) is 33.6 Å². The van der Waals surface area contributed by atoms with Gasteiger partial charge in [-0.2, -0.15) is 11.8 Å². The minimum absolute atomic E-state index is 0.0169. The molecule has 0 saturated heterocycles. The van der Waals surface area contributed by atoms with E-state index in [2.05, 4.69) is 26.1 Å². The van der Waals surface area contributed by atoms with E-state index in [1.165, 1.54) is 0 Å². The van der Waals surface area contributed by atoms with Gasteiger partial charge < -0.3 is 11.1 Å². The van der Waals surface area contributed by atoms with Gasteiger partial charge in [0.25, 0.3) is 0 Å². The second-order valence-corrected chi connectivity index (χ2v) is 7.12. The van der Waals surface area contributed by atoms with E-state index in [9.17, 15) is 4.79 Å². The monoisotopic (exact) mass is 314 g/mol. The summed E-state index contributed by atoms with van der Waals surface area (Å²) in [6.07, 6.45) is 1.37. The molecule has 112 valence electrons. The predicted octanol–water partition coefficient (Wildman–Crippen LogP) is 4.42. The molecule has 0 heterocycles. The zero-order chi connectivity index (χ0) is 15.1. The number of nitrogen functional groups attached to an aromatic ring is 1. The zero-order valence-electron chi connectivity index (χ0n) is 12.3. The molecule has 0 aliphatic rings. The third-order valence-corrected chi connectivity index (χ3v) is 4.99. The molecular formula is C15H23ClN2OS. The van der Waals surface area contributed by atoms with Gasteiger partial charge in [0.2, 0.25) is 5.91 Å². The summed E-state index contributed by atoms with van der Waals surface area (Å²) >= 11 is 7.79. The third-order valence-electron chi connectivity index (χ3n) is 3.16. The molecule has 1 aromatic carbocycles. The summed E-state index contributed by atoms with van der Waals surface area (Å²) in [5.74, 6) is 1.65. The molecule has 0 aliphatic heterocycles. The number of carbonyl (C=O) groups excluding carboxylic acids is 1. The van der Waals surface area contributed by atoms with Crippen LogP contribution >= 0.6 is 23.4 Å². The number of hydrogen-bond donors (Lipinski definition) is 2. The number of thioether (sulfide) groups is 1. The van der Waals surface area contributed by atoms with E-state index < -0.39 is 0 Å². The lowest BCUT2D eigenvalue weighted by atomic mass is 10.2. The van der Waals surface area contributed by atoms with Gasteiger partial charge in [-0.1, -0.05) is 32.4 Å².